The summed E-state index contributed by atoms with van der Waals surface area (Å²) in [7, 11) is 0. The Bertz CT molecular complexity index is 422. The van der Waals surface area contributed by atoms with Gasteiger partial charge >= 0.3 is 0 Å². The van der Waals surface area contributed by atoms with E-state index in [1.165, 1.54) is 16.0 Å². The molecule has 14 heavy (non-hydrogen) atoms. The van der Waals surface area contributed by atoms with Crippen molar-refractivity contribution >= 4 is 12.2 Å². The summed E-state index contributed by atoms with van der Waals surface area (Å²) >= 11 is 0. The number of rotatable bonds is 2. The molecule has 74 valence electrons. The minimum atomic E-state index is 0.589. The maximum Gasteiger partial charge on any atom is -0.0187 e. The fraction of sp³-hybridized carbons (Fsp3) is 0.286. The standard InChI is InChI=1S/C14H18/c1-5-7-13-8-9-14(11(3)4)10-12(13)6-2/h5-11H,1H2,2-4H3/b12-6-,13-7-. The van der Waals surface area contributed by atoms with Crippen LogP contribution in [0.5, 0.6) is 0 Å². The third-order valence-corrected chi connectivity index (χ3v) is 2.39. The van der Waals surface area contributed by atoms with Gasteiger partial charge in [0.1, 0.15) is 0 Å². The second-order valence-corrected chi connectivity index (χ2v) is 3.73. The van der Waals surface area contributed by atoms with Crippen LogP contribution in [0, 0.1) is 0 Å². The summed E-state index contributed by atoms with van der Waals surface area (Å²) in [6.45, 7) is 10.2. The van der Waals surface area contributed by atoms with Gasteiger partial charge in [-0.1, -0.05) is 56.9 Å². The molecular weight excluding hydrogens is 168 g/mol. The lowest BCUT2D eigenvalue weighted by Crippen LogP contribution is -2.24. The fourth-order valence-corrected chi connectivity index (χ4v) is 1.48. The average molecular weight is 186 g/mol. The van der Waals surface area contributed by atoms with E-state index in [4.69, 9.17) is 0 Å². The first-order chi connectivity index (χ1) is 6.69. The Balaban J connectivity index is 3.41. The van der Waals surface area contributed by atoms with Crippen molar-refractivity contribution in [3.05, 3.63) is 46.9 Å². The van der Waals surface area contributed by atoms with Gasteiger partial charge in [0.05, 0.1) is 0 Å². The molecule has 0 aliphatic carbocycles. The molecule has 0 saturated heterocycles. The van der Waals surface area contributed by atoms with Crippen molar-refractivity contribution < 1.29 is 0 Å². The van der Waals surface area contributed by atoms with Gasteiger partial charge in [-0.05, 0) is 28.8 Å². The Morgan fingerprint density at radius 2 is 1.93 bits per heavy atom. The molecule has 0 saturated carbocycles. The monoisotopic (exact) mass is 186 g/mol. The molecule has 1 rings (SSSR count). The summed E-state index contributed by atoms with van der Waals surface area (Å²) in [5, 5.41) is 2.53. The molecule has 0 atom stereocenters. The summed E-state index contributed by atoms with van der Waals surface area (Å²) in [6, 6.07) is 6.60. The molecule has 0 N–H and O–H groups in total. The summed E-state index contributed by atoms with van der Waals surface area (Å²) in [6.07, 6.45) is 6.01. The van der Waals surface area contributed by atoms with Gasteiger partial charge in [0.2, 0.25) is 0 Å². The van der Waals surface area contributed by atoms with E-state index in [1.54, 1.807) is 0 Å². The van der Waals surface area contributed by atoms with Gasteiger partial charge in [0.25, 0.3) is 0 Å². The maximum atomic E-state index is 3.72. The third-order valence-electron chi connectivity index (χ3n) is 2.39. The van der Waals surface area contributed by atoms with Gasteiger partial charge in [0.15, 0.2) is 0 Å². The first-order valence-electron chi connectivity index (χ1n) is 5.08. The Hall–Kier alpha value is -1.30. The normalized spacial score (nSPS) is 13.7. The molecule has 0 bridgehead atoms. The molecule has 0 unspecified atom stereocenters. The lowest BCUT2D eigenvalue weighted by atomic mass is 10.0. The molecule has 0 heteroatoms. The van der Waals surface area contributed by atoms with Crippen LogP contribution in [0.3, 0.4) is 0 Å². The second-order valence-electron chi connectivity index (χ2n) is 3.73. The van der Waals surface area contributed by atoms with Crippen LogP contribution in [0.15, 0.2) is 30.9 Å². The van der Waals surface area contributed by atoms with Crippen LogP contribution in [-0.2, 0) is 0 Å². The van der Waals surface area contributed by atoms with Crippen molar-refractivity contribution in [2.75, 3.05) is 0 Å². The molecule has 0 nitrogen and oxygen atoms in total. The maximum absolute atomic E-state index is 3.72. The summed E-state index contributed by atoms with van der Waals surface area (Å²) in [5.74, 6) is 0.589. The Kier molecular flexibility index (Phi) is 3.70. The zero-order chi connectivity index (χ0) is 10.6. The van der Waals surface area contributed by atoms with E-state index in [2.05, 4.69) is 51.6 Å². The SMILES string of the molecule is C=C/C=c1/ccc(C(C)C)c/c1=C/C. The zero-order valence-electron chi connectivity index (χ0n) is 9.25. The van der Waals surface area contributed by atoms with E-state index in [0.29, 0.717) is 5.92 Å². The highest BCUT2D eigenvalue weighted by atomic mass is 14.0. The van der Waals surface area contributed by atoms with Crippen molar-refractivity contribution in [3.8, 4) is 0 Å². The minimum Gasteiger partial charge on any atom is -0.0990 e. The molecule has 0 amide bonds. The van der Waals surface area contributed by atoms with Crippen molar-refractivity contribution in [1.29, 1.82) is 0 Å². The van der Waals surface area contributed by atoms with Crippen molar-refractivity contribution in [3.63, 3.8) is 0 Å². The van der Waals surface area contributed by atoms with Crippen LogP contribution in [-0.4, -0.2) is 0 Å². The molecule has 0 spiro atoms. The highest BCUT2D eigenvalue weighted by Gasteiger charge is 1.97. The van der Waals surface area contributed by atoms with Gasteiger partial charge in [-0.25, -0.2) is 0 Å². The van der Waals surface area contributed by atoms with Crippen LogP contribution >= 0.6 is 0 Å². The molecule has 0 aliphatic heterocycles. The van der Waals surface area contributed by atoms with Gasteiger partial charge in [-0.2, -0.15) is 0 Å². The molecule has 0 aromatic heterocycles. The predicted molar refractivity (Wildman–Crippen MR) is 64.6 cm³/mol. The second kappa shape index (κ2) is 4.80. The van der Waals surface area contributed by atoms with E-state index in [1.807, 2.05) is 12.2 Å². The van der Waals surface area contributed by atoms with Crippen molar-refractivity contribution in [2.45, 2.75) is 26.7 Å². The zero-order valence-corrected chi connectivity index (χ0v) is 9.25. The first-order valence-corrected chi connectivity index (χ1v) is 5.08. The van der Waals surface area contributed by atoms with Crippen LogP contribution in [0.4, 0.5) is 0 Å². The summed E-state index contributed by atoms with van der Waals surface area (Å²) < 4.78 is 0. The molecular formula is C14H18. The number of benzene rings is 1. The van der Waals surface area contributed by atoms with Gasteiger partial charge in [0, 0.05) is 0 Å². The van der Waals surface area contributed by atoms with E-state index in [-0.39, 0.29) is 0 Å². The van der Waals surface area contributed by atoms with Gasteiger partial charge in [-0.3, -0.25) is 0 Å². The quantitative estimate of drug-likeness (QED) is 0.666. The molecule has 0 fully saturated rings. The lowest BCUT2D eigenvalue weighted by molar-refractivity contribution is 0.864. The van der Waals surface area contributed by atoms with Crippen LogP contribution in [0.25, 0.3) is 12.2 Å². The summed E-state index contributed by atoms with van der Waals surface area (Å²) in [5.41, 5.74) is 1.39. The number of hydrogen-bond acceptors (Lipinski definition) is 0. The minimum absolute atomic E-state index is 0.589. The molecule has 0 aliphatic rings. The Labute approximate surface area is 86.3 Å². The molecule has 1 aromatic rings. The number of hydrogen-bond donors (Lipinski definition) is 0. The van der Waals surface area contributed by atoms with Crippen LogP contribution in [0.2, 0.25) is 0 Å². The van der Waals surface area contributed by atoms with Gasteiger partial charge < -0.3 is 0 Å². The number of allylic oxidation sites excluding steroid dienone is 1. The first kappa shape index (κ1) is 10.8. The van der Waals surface area contributed by atoms with E-state index >= 15 is 0 Å². The van der Waals surface area contributed by atoms with Crippen molar-refractivity contribution in [1.82, 2.24) is 0 Å². The van der Waals surface area contributed by atoms with E-state index < -0.39 is 0 Å². The summed E-state index contributed by atoms with van der Waals surface area (Å²) in [4.78, 5) is 0. The molecule has 0 radical (unpaired) electrons. The predicted octanol–water partition coefficient (Wildman–Crippen LogP) is 2.58. The smallest absolute Gasteiger partial charge is 0.0187 e. The van der Waals surface area contributed by atoms with Crippen LogP contribution in [0.1, 0.15) is 32.3 Å². The topological polar surface area (TPSA) is 0 Å². The molecule has 0 heterocycles. The third kappa shape index (κ3) is 2.35. The average Bonchev–Trinajstić information content (AvgIpc) is 2.18. The highest BCUT2D eigenvalue weighted by Crippen LogP contribution is 2.09. The Morgan fingerprint density at radius 1 is 1.21 bits per heavy atom. The van der Waals surface area contributed by atoms with E-state index in [9.17, 15) is 0 Å². The van der Waals surface area contributed by atoms with E-state index in [0.717, 1.165) is 0 Å². The Morgan fingerprint density at radius 3 is 2.43 bits per heavy atom. The van der Waals surface area contributed by atoms with Crippen LogP contribution < -0.4 is 10.4 Å². The van der Waals surface area contributed by atoms with Gasteiger partial charge in [-0.15, -0.1) is 0 Å². The van der Waals surface area contributed by atoms with Crippen molar-refractivity contribution in [2.24, 2.45) is 0 Å². The fourth-order valence-electron chi connectivity index (χ4n) is 1.48. The lowest BCUT2D eigenvalue weighted by Gasteiger charge is -2.04. The largest absolute Gasteiger partial charge is 0.0990 e. The molecule has 1 aromatic carbocycles. The highest BCUT2D eigenvalue weighted by molar-refractivity contribution is 5.39.